The highest BCUT2D eigenvalue weighted by molar-refractivity contribution is 5.97. The average Bonchev–Trinajstić information content (AvgIpc) is 2.55. The van der Waals surface area contributed by atoms with Crippen LogP contribution in [0.2, 0.25) is 0 Å². The molecule has 0 radical (unpaired) electrons. The lowest BCUT2D eigenvalue weighted by Gasteiger charge is -2.24. The molecule has 2 aromatic carbocycles. The van der Waals surface area contributed by atoms with Gasteiger partial charge in [0.2, 0.25) is 5.91 Å². The number of amides is 1. The van der Waals surface area contributed by atoms with Gasteiger partial charge in [-0.05, 0) is 43.7 Å². The molecular weight excluding hydrogens is 312 g/mol. The van der Waals surface area contributed by atoms with Crippen LogP contribution in [0.1, 0.15) is 25.0 Å². The first-order chi connectivity index (χ1) is 11.3. The molecule has 0 spiro atoms. The summed E-state index contributed by atoms with van der Waals surface area (Å²) in [6, 6.07) is 11.6. The molecule has 0 aliphatic heterocycles. The number of hydrogen-bond donors (Lipinski definition) is 2. The number of carbonyl (C=O) groups is 1. The largest absolute Gasteiger partial charge is 0.384 e. The fraction of sp³-hybridized carbons (Fsp3) is 0.211. The molecule has 126 valence electrons. The lowest BCUT2D eigenvalue weighted by molar-refractivity contribution is -0.118. The Labute approximate surface area is 139 Å². The van der Waals surface area contributed by atoms with Gasteiger partial charge in [-0.15, -0.1) is 0 Å². The van der Waals surface area contributed by atoms with Crippen molar-refractivity contribution in [3.8, 4) is 0 Å². The molecule has 1 unspecified atom stereocenters. The minimum atomic E-state index is -1.35. The molecule has 1 amide bonds. The number of nitrogens with one attached hydrogen (secondary N) is 1. The lowest BCUT2D eigenvalue weighted by Crippen LogP contribution is -2.38. The second-order valence-corrected chi connectivity index (χ2v) is 5.81. The Morgan fingerprint density at radius 3 is 2.42 bits per heavy atom. The number of aliphatic hydroxyl groups is 1. The topological polar surface area (TPSA) is 49.3 Å². The highest BCUT2D eigenvalue weighted by atomic mass is 19.1. The number of halogens is 2. The standard InChI is InChI=1S/C19H19F2NO2/c1-13(11-14-5-3-4-6-17(14)21)18(23)22-12-19(2,24)15-7-9-16(20)10-8-15/h3-11,24H,12H2,1-2H3,(H,22,23)/b13-11+. The highest BCUT2D eigenvalue weighted by Crippen LogP contribution is 2.20. The third-order valence-electron chi connectivity index (χ3n) is 3.69. The van der Waals surface area contributed by atoms with E-state index in [9.17, 15) is 18.7 Å². The Morgan fingerprint density at radius 1 is 1.17 bits per heavy atom. The summed E-state index contributed by atoms with van der Waals surface area (Å²) in [6.45, 7) is 3.03. The molecule has 2 N–H and O–H groups in total. The molecule has 0 saturated carbocycles. The highest BCUT2D eigenvalue weighted by Gasteiger charge is 2.24. The van der Waals surface area contributed by atoms with Crippen molar-refractivity contribution >= 4 is 12.0 Å². The van der Waals surface area contributed by atoms with E-state index in [0.29, 0.717) is 16.7 Å². The Morgan fingerprint density at radius 2 is 1.79 bits per heavy atom. The van der Waals surface area contributed by atoms with Crippen LogP contribution in [0.4, 0.5) is 8.78 Å². The maximum atomic E-state index is 13.6. The van der Waals surface area contributed by atoms with E-state index in [1.54, 1.807) is 25.1 Å². The first-order valence-corrected chi connectivity index (χ1v) is 7.49. The summed E-state index contributed by atoms with van der Waals surface area (Å²) in [4.78, 5) is 12.1. The summed E-state index contributed by atoms with van der Waals surface area (Å²) >= 11 is 0. The fourth-order valence-corrected chi connectivity index (χ4v) is 2.19. The van der Waals surface area contributed by atoms with E-state index in [2.05, 4.69) is 5.32 Å². The van der Waals surface area contributed by atoms with Gasteiger partial charge in [-0.3, -0.25) is 4.79 Å². The van der Waals surface area contributed by atoms with Gasteiger partial charge < -0.3 is 10.4 Å². The summed E-state index contributed by atoms with van der Waals surface area (Å²) in [5.74, 6) is -1.23. The minimum absolute atomic E-state index is 0.0556. The van der Waals surface area contributed by atoms with Crippen LogP contribution in [0.15, 0.2) is 54.1 Å². The predicted molar refractivity (Wildman–Crippen MR) is 89.0 cm³/mol. The molecular formula is C19H19F2NO2. The summed E-state index contributed by atoms with van der Waals surface area (Å²) in [5.41, 5.74) is -0.229. The second kappa shape index (κ2) is 7.36. The monoisotopic (exact) mass is 331 g/mol. The normalized spacial score (nSPS) is 14.1. The molecule has 1 atom stereocenters. The zero-order valence-electron chi connectivity index (χ0n) is 13.5. The predicted octanol–water partition coefficient (Wildman–Crippen LogP) is 3.39. The molecule has 0 bridgehead atoms. The quantitative estimate of drug-likeness (QED) is 0.825. The molecule has 0 aromatic heterocycles. The summed E-state index contributed by atoms with van der Waals surface area (Å²) < 4.78 is 26.5. The van der Waals surface area contributed by atoms with Crippen molar-refractivity contribution in [2.45, 2.75) is 19.4 Å². The molecule has 0 fully saturated rings. The van der Waals surface area contributed by atoms with E-state index < -0.39 is 23.1 Å². The van der Waals surface area contributed by atoms with Crippen LogP contribution in [0.3, 0.4) is 0 Å². The van der Waals surface area contributed by atoms with Crippen molar-refractivity contribution in [3.05, 3.63) is 76.9 Å². The number of hydrogen-bond acceptors (Lipinski definition) is 2. The van der Waals surface area contributed by atoms with Crippen LogP contribution in [-0.2, 0) is 10.4 Å². The fourth-order valence-electron chi connectivity index (χ4n) is 2.19. The zero-order valence-corrected chi connectivity index (χ0v) is 13.5. The van der Waals surface area contributed by atoms with Gasteiger partial charge in [-0.2, -0.15) is 0 Å². The van der Waals surface area contributed by atoms with E-state index in [1.165, 1.54) is 43.3 Å². The molecule has 5 heteroatoms. The van der Waals surface area contributed by atoms with Crippen molar-refractivity contribution in [2.75, 3.05) is 6.54 Å². The maximum absolute atomic E-state index is 13.6. The van der Waals surface area contributed by atoms with Crippen molar-refractivity contribution in [1.29, 1.82) is 0 Å². The Kier molecular flexibility index (Phi) is 5.46. The van der Waals surface area contributed by atoms with Crippen molar-refractivity contribution in [3.63, 3.8) is 0 Å². The van der Waals surface area contributed by atoms with Gasteiger partial charge in [0, 0.05) is 11.1 Å². The zero-order chi connectivity index (χ0) is 17.7. The SMILES string of the molecule is C/C(=C\c1ccccc1F)C(=O)NCC(C)(O)c1ccc(F)cc1. The van der Waals surface area contributed by atoms with Crippen molar-refractivity contribution < 1.29 is 18.7 Å². The number of carbonyl (C=O) groups excluding carboxylic acids is 1. The molecule has 2 aromatic rings. The maximum Gasteiger partial charge on any atom is 0.247 e. The van der Waals surface area contributed by atoms with Crippen LogP contribution < -0.4 is 5.32 Å². The van der Waals surface area contributed by atoms with Gasteiger partial charge in [-0.1, -0.05) is 30.3 Å². The third-order valence-corrected chi connectivity index (χ3v) is 3.69. The van der Waals surface area contributed by atoms with E-state index >= 15 is 0 Å². The van der Waals surface area contributed by atoms with Crippen LogP contribution in [0.5, 0.6) is 0 Å². The number of rotatable bonds is 5. The molecule has 2 rings (SSSR count). The molecule has 3 nitrogen and oxygen atoms in total. The van der Waals surface area contributed by atoms with Crippen LogP contribution >= 0.6 is 0 Å². The van der Waals surface area contributed by atoms with Gasteiger partial charge in [0.15, 0.2) is 0 Å². The van der Waals surface area contributed by atoms with Gasteiger partial charge >= 0.3 is 0 Å². The van der Waals surface area contributed by atoms with Crippen molar-refractivity contribution in [2.24, 2.45) is 0 Å². The molecule has 0 saturated heterocycles. The van der Waals surface area contributed by atoms with Gasteiger partial charge in [0.05, 0.1) is 6.54 Å². The van der Waals surface area contributed by atoms with Crippen LogP contribution in [-0.4, -0.2) is 17.6 Å². The van der Waals surface area contributed by atoms with E-state index in [0.717, 1.165) is 0 Å². The first-order valence-electron chi connectivity index (χ1n) is 7.49. The van der Waals surface area contributed by atoms with E-state index in [4.69, 9.17) is 0 Å². The van der Waals surface area contributed by atoms with E-state index in [-0.39, 0.29) is 6.54 Å². The molecule has 24 heavy (non-hydrogen) atoms. The minimum Gasteiger partial charge on any atom is -0.384 e. The molecule has 0 aliphatic carbocycles. The van der Waals surface area contributed by atoms with E-state index in [1.807, 2.05) is 0 Å². The first kappa shape index (κ1) is 17.8. The number of benzene rings is 2. The van der Waals surface area contributed by atoms with Crippen LogP contribution in [0, 0.1) is 11.6 Å². The van der Waals surface area contributed by atoms with Gasteiger partial charge in [0.1, 0.15) is 17.2 Å². The average molecular weight is 331 g/mol. The lowest BCUT2D eigenvalue weighted by atomic mass is 9.96. The summed E-state index contributed by atoms with van der Waals surface area (Å²) in [6.07, 6.45) is 1.44. The molecule has 0 aliphatic rings. The van der Waals surface area contributed by atoms with Gasteiger partial charge in [0.25, 0.3) is 0 Å². The Bertz CT molecular complexity index is 752. The summed E-state index contributed by atoms with van der Waals surface area (Å²) in [7, 11) is 0. The Hall–Kier alpha value is -2.53. The van der Waals surface area contributed by atoms with Gasteiger partial charge in [-0.25, -0.2) is 8.78 Å². The smallest absolute Gasteiger partial charge is 0.247 e. The third kappa shape index (κ3) is 4.49. The van der Waals surface area contributed by atoms with Crippen LogP contribution in [0.25, 0.3) is 6.08 Å². The molecule has 0 heterocycles. The Balaban J connectivity index is 2.04. The summed E-state index contributed by atoms with van der Waals surface area (Å²) in [5, 5.41) is 13.0. The second-order valence-electron chi connectivity index (χ2n) is 5.81. The van der Waals surface area contributed by atoms with Crippen molar-refractivity contribution in [1.82, 2.24) is 5.32 Å².